The highest BCUT2D eigenvalue weighted by Crippen LogP contribution is 2.27. The van der Waals surface area contributed by atoms with Gasteiger partial charge in [-0.2, -0.15) is 0 Å². The second-order valence-electron chi connectivity index (χ2n) is 6.28. The molecule has 1 unspecified atom stereocenters. The minimum atomic E-state index is 0.412. The second kappa shape index (κ2) is 5.68. The highest BCUT2D eigenvalue weighted by Gasteiger charge is 2.15. The molecule has 0 amide bonds. The summed E-state index contributed by atoms with van der Waals surface area (Å²) in [5, 5.41) is 3.44. The van der Waals surface area contributed by atoms with E-state index < -0.39 is 0 Å². The minimum absolute atomic E-state index is 0.412. The third-order valence-corrected chi connectivity index (χ3v) is 3.46. The zero-order chi connectivity index (χ0) is 13.1. The maximum absolute atomic E-state index is 3.44. The van der Waals surface area contributed by atoms with Gasteiger partial charge in [-0.1, -0.05) is 39.0 Å². The predicted octanol–water partition coefficient (Wildman–Crippen LogP) is 4.39. The van der Waals surface area contributed by atoms with Gasteiger partial charge >= 0.3 is 0 Å². The van der Waals surface area contributed by atoms with Gasteiger partial charge in [0, 0.05) is 6.04 Å². The average Bonchev–Trinajstić information content (AvgIpc) is 2.22. The molecule has 0 fully saturated rings. The van der Waals surface area contributed by atoms with Crippen LogP contribution < -0.4 is 5.32 Å². The lowest BCUT2D eigenvalue weighted by Crippen LogP contribution is -2.19. The third-order valence-electron chi connectivity index (χ3n) is 3.46. The molecular formula is C16H27N. The van der Waals surface area contributed by atoms with Crippen LogP contribution in [0.5, 0.6) is 0 Å². The summed E-state index contributed by atoms with van der Waals surface area (Å²) in [5.41, 5.74) is 4.59. The fraction of sp³-hybridized carbons (Fsp3) is 0.625. The smallest absolute Gasteiger partial charge is 0.0317 e. The van der Waals surface area contributed by atoms with E-state index in [0.717, 1.165) is 0 Å². The second-order valence-corrected chi connectivity index (χ2v) is 6.28. The molecule has 1 heteroatoms. The molecular weight excluding hydrogens is 206 g/mol. The van der Waals surface area contributed by atoms with E-state index in [1.54, 1.807) is 0 Å². The van der Waals surface area contributed by atoms with Crippen LogP contribution in [0.3, 0.4) is 0 Å². The highest BCUT2D eigenvalue weighted by atomic mass is 14.9. The van der Waals surface area contributed by atoms with E-state index in [2.05, 4.69) is 65.2 Å². The Balaban J connectivity index is 2.76. The summed E-state index contributed by atoms with van der Waals surface area (Å²) in [6.45, 7) is 11.3. The van der Waals surface area contributed by atoms with Crippen LogP contribution in [0.15, 0.2) is 18.2 Å². The summed E-state index contributed by atoms with van der Waals surface area (Å²) in [4.78, 5) is 0. The van der Waals surface area contributed by atoms with Gasteiger partial charge in [0.1, 0.15) is 0 Å². The van der Waals surface area contributed by atoms with Crippen molar-refractivity contribution in [3.05, 3.63) is 34.9 Å². The first kappa shape index (κ1) is 14.2. The molecule has 0 spiro atoms. The van der Waals surface area contributed by atoms with Crippen molar-refractivity contribution in [1.29, 1.82) is 0 Å². The maximum Gasteiger partial charge on any atom is 0.0317 e. The van der Waals surface area contributed by atoms with Gasteiger partial charge in [0.2, 0.25) is 0 Å². The molecule has 0 aliphatic heterocycles. The Hall–Kier alpha value is -0.820. The predicted molar refractivity (Wildman–Crippen MR) is 76.4 cm³/mol. The van der Waals surface area contributed by atoms with Gasteiger partial charge in [-0.15, -0.1) is 0 Å². The number of hydrogen-bond acceptors (Lipinski definition) is 1. The number of nitrogens with one attached hydrogen (secondary N) is 1. The number of aryl methyl sites for hydroxylation is 2. The third kappa shape index (κ3) is 4.51. The lowest BCUT2D eigenvalue weighted by molar-refractivity contribution is 0.338. The molecule has 1 aromatic rings. The van der Waals surface area contributed by atoms with Crippen LogP contribution in [0, 0.1) is 19.3 Å². The van der Waals surface area contributed by atoms with Gasteiger partial charge in [0.05, 0.1) is 0 Å². The molecule has 0 aromatic heterocycles. The van der Waals surface area contributed by atoms with Crippen molar-refractivity contribution in [2.24, 2.45) is 5.41 Å². The van der Waals surface area contributed by atoms with E-state index in [4.69, 9.17) is 0 Å². The van der Waals surface area contributed by atoms with Crippen LogP contribution in [-0.4, -0.2) is 7.05 Å². The Labute approximate surface area is 107 Å². The number of hydrogen-bond donors (Lipinski definition) is 1. The molecule has 1 atom stereocenters. The highest BCUT2D eigenvalue weighted by molar-refractivity contribution is 5.31. The fourth-order valence-corrected chi connectivity index (χ4v) is 2.04. The van der Waals surface area contributed by atoms with Crippen molar-refractivity contribution >= 4 is 0 Å². The van der Waals surface area contributed by atoms with Crippen molar-refractivity contribution in [3.63, 3.8) is 0 Å². The normalized spacial score (nSPS) is 13.8. The number of rotatable bonds is 4. The largest absolute Gasteiger partial charge is 0.313 e. The average molecular weight is 233 g/mol. The fourth-order valence-electron chi connectivity index (χ4n) is 2.04. The topological polar surface area (TPSA) is 12.0 Å². The molecule has 1 aromatic carbocycles. The van der Waals surface area contributed by atoms with Crippen LogP contribution in [0.2, 0.25) is 0 Å². The molecule has 1 rings (SSSR count). The first-order chi connectivity index (χ1) is 7.83. The standard InChI is InChI=1S/C16H27N/c1-12-7-8-14(11-13(12)2)15(17-6)9-10-16(3,4)5/h7-8,11,15,17H,9-10H2,1-6H3. The van der Waals surface area contributed by atoms with Gasteiger partial charge in [-0.25, -0.2) is 0 Å². The molecule has 1 nitrogen and oxygen atoms in total. The summed E-state index contributed by atoms with van der Waals surface area (Å²) in [6, 6.07) is 7.28. The van der Waals surface area contributed by atoms with E-state index in [0.29, 0.717) is 11.5 Å². The molecule has 0 saturated heterocycles. The Morgan fingerprint density at radius 3 is 2.24 bits per heavy atom. The monoisotopic (exact) mass is 233 g/mol. The molecule has 0 radical (unpaired) electrons. The molecule has 17 heavy (non-hydrogen) atoms. The number of benzene rings is 1. The lowest BCUT2D eigenvalue weighted by atomic mass is 9.87. The molecule has 1 N–H and O–H groups in total. The van der Waals surface area contributed by atoms with Gasteiger partial charge in [-0.05, 0) is 55.8 Å². The van der Waals surface area contributed by atoms with Crippen LogP contribution in [0.1, 0.15) is 56.3 Å². The lowest BCUT2D eigenvalue weighted by Gasteiger charge is -2.23. The van der Waals surface area contributed by atoms with E-state index in [-0.39, 0.29) is 0 Å². The van der Waals surface area contributed by atoms with Crippen LogP contribution in [0.25, 0.3) is 0 Å². The summed E-state index contributed by atoms with van der Waals surface area (Å²) < 4.78 is 0. The van der Waals surface area contributed by atoms with E-state index in [1.165, 1.54) is 29.5 Å². The van der Waals surface area contributed by atoms with Crippen LogP contribution in [0.4, 0.5) is 0 Å². The zero-order valence-corrected chi connectivity index (χ0v) is 12.2. The van der Waals surface area contributed by atoms with Crippen LogP contribution in [-0.2, 0) is 0 Å². The van der Waals surface area contributed by atoms with E-state index in [9.17, 15) is 0 Å². The Kier molecular flexibility index (Phi) is 4.76. The summed E-state index contributed by atoms with van der Waals surface area (Å²) in [6.07, 6.45) is 2.44. The van der Waals surface area contributed by atoms with Crippen molar-refractivity contribution in [1.82, 2.24) is 5.32 Å². The summed E-state index contributed by atoms with van der Waals surface area (Å²) in [7, 11) is 2.06. The van der Waals surface area contributed by atoms with Gasteiger partial charge in [-0.3, -0.25) is 0 Å². The van der Waals surface area contributed by atoms with Gasteiger partial charge < -0.3 is 5.32 Å². The van der Waals surface area contributed by atoms with Crippen LogP contribution >= 0.6 is 0 Å². The van der Waals surface area contributed by atoms with Gasteiger partial charge in [0.25, 0.3) is 0 Å². The molecule has 0 bridgehead atoms. The SMILES string of the molecule is CNC(CCC(C)(C)C)c1ccc(C)c(C)c1. The first-order valence-corrected chi connectivity index (χ1v) is 6.58. The quantitative estimate of drug-likeness (QED) is 0.813. The van der Waals surface area contributed by atoms with Crippen molar-refractivity contribution < 1.29 is 0 Å². The van der Waals surface area contributed by atoms with Gasteiger partial charge in [0.15, 0.2) is 0 Å². The maximum atomic E-state index is 3.44. The Bertz CT molecular complexity index is 360. The summed E-state index contributed by atoms with van der Waals surface area (Å²) >= 11 is 0. The Morgan fingerprint density at radius 2 is 1.76 bits per heavy atom. The molecule has 0 aliphatic rings. The van der Waals surface area contributed by atoms with Crippen molar-refractivity contribution in [2.45, 2.75) is 53.5 Å². The molecule has 96 valence electrons. The Morgan fingerprint density at radius 1 is 1.12 bits per heavy atom. The molecule has 0 heterocycles. The van der Waals surface area contributed by atoms with Crippen molar-refractivity contribution in [2.75, 3.05) is 7.05 Å². The zero-order valence-electron chi connectivity index (χ0n) is 12.2. The summed E-state index contributed by atoms with van der Waals surface area (Å²) in [5.74, 6) is 0. The van der Waals surface area contributed by atoms with E-state index in [1.807, 2.05) is 0 Å². The minimum Gasteiger partial charge on any atom is -0.313 e. The molecule has 0 aliphatic carbocycles. The first-order valence-electron chi connectivity index (χ1n) is 6.58. The molecule has 0 saturated carbocycles. The van der Waals surface area contributed by atoms with E-state index >= 15 is 0 Å². The van der Waals surface area contributed by atoms with Crippen molar-refractivity contribution in [3.8, 4) is 0 Å².